The van der Waals surface area contributed by atoms with Crippen LogP contribution in [0.15, 0.2) is 6.07 Å². The molecule has 0 saturated heterocycles. The number of carbonyl (C=O) groups excluding carboxylic acids is 1. The number of nitrogens with two attached hydrogens (primary N) is 1. The molecule has 1 rings (SSSR count). The maximum absolute atomic E-state index is 11.6. The quantitative estimate of drug-likeness (QED) is 0.567. The summed E-state index contributed by atoms with van der Waals surface area (Å²) in [6.07, 6.45) is 0.396. The highest BCUT2D eigenvalue weighted by Gasteiger charge is 2.04. The van der Waals surface area contributed by atoms with Crippen molar-refractivity contribution in [2.75, 3.05) is 36.0 Å². The second-order valence-corrected chi connectivity index (χ2v) is 4.90. The van der Waals surface area contributed by atoms with E-state index >= 15 is 0 Å². The van der Waals surface area contributed by atoms with Crippen molar-refractivity contribution in [3.63, 3.8) is 0 Å². The minimum atomic E-state index is 0.0279. The fourth-order valence-electron chi connectivity index (χ4n) is 1.54. The smallest absolute Gasteiger partial charge is 0.223 e. The van der Waals surface area contributed by atoms with Crippen molar-refractivity contribution < 1.29 is 4.79 Å². The Bertz CT molecular complexity index is 435. The summed E-state index contributed by atoms with van der Waals surface area (Å²) < 4.78 is 0. The van der Waals surface area contributed by atoms with E-state index in [0.29, 0.717) is 37.1 Å². The Morgan fingerprint density at radius 2 is 1.95 bits per heavy atom. The van der Waals surface area contributed by atoms with Crippen molar-refractivity contribution >= 4 is 23.5 Å². The van der Waals surface area contributed by atoms with Gasteiger partial charge in [-0.25, -0.2) is 0 Å². The first-order valence-electron chi connectivity index (χ1n) is 6.90. The molecule has 0 atom stereocenters. The second kappa shape index (κ2) is 8.19. The molecule has 0 bridgehead atoms. The van der Waals surface area contributed by atoms with Crippen LogP contribution in [-0.2, 0) is 4.79 Å². The molecule has 0 aromatic carbocycles. The van der Waals surface area contributed by atoms with Crippen molar-refractivity contribution in [1.29, 1.82) is 0 Å². The Hall–Kier alpha value is -2.05. The SMILES string of the molecule is CCNc1cc(NCCC(=O)NCC(C)C)nc(N)n1. The van der Waals surface area contributed by atoms with E-state index in [-0.39, 0.29) is 11.9 Å². The Labute approximate surface area is 119 Å². The average molecular weight is 280 g/mol. The standard InChI is InChI=1S/C13H24N6O/c1-4-15-10-7-11(19-13(14)18-10)16-6-5-12(20)17-8-9(2)3/h7,9H,4-6,8H2,1-3H3,(H,17,20)(H4,14,15,16,18,19). The summed E-state index contributed by atoms with van der Waals surface area (Å²) in [5.41, 5.74) is 5.62. The van der Waals surface area contributed by atoms with E-state index in [1.54, 1.807) is 6.07 Å². The van der Waals surface area contributed by atoms with Gasteiger partial charge in [-0.15, -0.1) is 0 Å². The monoisotopic (exact) mass is 280 g/mol. The van der Waals surface area contributed by atoms with Gasteiger partial charge in [0.15, 0.2) is 0 Å². The zero-order valence-electron chi connectivity index (χ0n) is 12.4. The van der Waals surface area contributed by atoms with Crippen LogP contribution >= 0.6 is 0 Å². The van der Waals surface area contributed by atoms with Crippen LogP contribution < -0.4 is 21.7 Å². The van der Waals surface area contributed by atoms with Gasteiger partial charge in [0.1, 0.15) is 11.6 Å². The van der Waals surface area contributed by atoms with Crippen molar-refractivity contribution in [3.05, 3.63) is 6.07 Å². The molecule has 112 valence electrons. The van der Waals surface area contributed by atoms with Gasteiger partial charge in [-0.1, -0.05) is 13.8 Å². The molecule has 1 aromatic rings. The third-order valence-corrected chi connectivity index (χ3v) is 2.47. The minimum Gasteiger partial charge on any atom is -0.370 e. The second-order valence-electron chi connectivity index (χ2n) is 4.90. The van der Waals surface area contributed by atoms with Gasteiger partial charge in [0.25, 0.3) is 0 Å². The zero-order valence-corrected chi connectivity index (χ0v) is 12.4. The summed E-state index contributed by atoms with van der Waals surface area (Å²) in [5.74, 6) is 1.98. The fourth-order valence-corrected chi connectivity index (χ4v) is 1.54. The number of aromatic nitrogens is 2. The first kappa shape index (κ1) is 16.0. The lowest BCUT2D eigenvalue weighted by molar-refractivity contribution is -0.120. The number of amides is 1. The van der Waals surface area contributed by atoms with E-state index < -0.39 is 0 Å². The molecule has 0 unspecified atom stereocenters. The van der Waals surface area contributed by atoms with Gasteiger partial charge >= 0.3 is 0 Å². The topological polar surface area (TPSA) is 105 Å². The van der Waals surface area contributed by atoms with Crippen LogP contribution in [0.5, 0.6) is 0 Å². The summed E-state index contributed by atoms with van der Waals surface area (Å²) >= 11 is 0. The van der Waals surface area contributed by atoms with Crippen LogP contribution in [-0.4, -0.2) is 35.5 Å². The largest absolute Gasteiger partial charge is 0.370 e. The molecule has 7 nitrogen and oxygen atoms in total. The molecule has 1 aromatic heterocycles. The highest BCUT2D eigenvalue weighted by molar-refractivity contribution is 5.76. The molecule has 0 aliphatic carbocycles. The molecule has 1 amide bonds. The molecule has 0 fully saturated rings. The van der Waals surface area contributed by atoms with Crippen LogP contribution in [0, 0.1) is 5.92 Å². The molecule has 0 aliphatic rings. The predicted octanol–water partition coefficient (Wildman–Crippen LogP) is 1.06. The average Bonchev–Trinajstić information content (AvgIpc) is 2.36. The Morgan fingerprint density at radius 1 is 1.30 bits per heavy atom. The highest BCUT2D eigenvalue weighted by atomic mass is 16.1. The minimum absolute atomic E-state index is 0.0279. The first-order valence-corrected chi connectivity index (χ1v) is 6.90. The third kappa shape index (κ3) is 6.21. The highest BCUT2D eigenvalue weighted by Crippen LogP contribution is 2.11. The van der Waals surface area contributed by atoms with Crippen molar-refractivity contribution in [2.45, 2.75) is 27.2 Å². The number of nitrogen functional groups attached to an aromatic ring is 1. The van der Waals surface area contributed by atoms with E-state index in [1.165, 1.54) is 0 Å². The molecule has 0 radical (unpaired) electrons. The van der Waals surface area contributed by atoms with E-state index in [4.69, 9.17) is 5.73 Å². The summed E-state index contributed by atoms with van der Waals surface area (Å²) in [6, 6.07) is 1.77. The summed E-state index contributed by atoms with van der Waals surface area (Å²) in [7, 11) is 0. The number of anilines is 3. The van der Waals surface area contributed by atoms with Crippen LogP contribution in [0.3, 0.4) is 0 Å². The Morgan fingerprint density at radius 3 is 2.55 bits per heavy atom. The lowest BCUT2D eigenvalue weighted by atomic mass is 10.2. The fraction of sp³-hybridized carbons (Fsp3) is 0.615. The first-order chi connectivity index (χ1) is 9.51. The van der Waals surface area contributed by atoms with Crippen molar-refractivity contribution in [2.24, 2.45) is 5.92 Å². The molecule has 5 N–H and O–H groups in total. The third-order valence-electron chi connectivity index (χ3n) is 2.47. The van der Waals surface area contributed by atoms with Gasteiger partial charge in [0.2, 0.25) is 11.9 Å². The predicted molar refractivity (Wildman–Crippen MR) is 81.6 cm³/mol. The molecule has 0 aliphatic heterocycles. The van der Waals surface area contributed by atoms with Crippen LogP contribution in [0.25, 0.3) is 0 Å². The summed E-state index contributed by atoms with van der Waals surface area (Å²) in [6.45, 7) is 8.06. The van der Waals surface area contributed by atoms with Crippen LogP contribution in [0.2, 0.25) is 0 Å². The maximum Gasteiger partial charge on any atom is 0.223 e. The molecular formula is C13H24N6O. The number of nitrogens with zero attached hydrogens (tertiary/aromatic N) is 2. The summed E-state index contributed by atoms with van der Waals surface area (Å²) in [4.78, 5) is 19.7. The Kier molecular flexibility index (Phi) is 6.55. The molecule has 0 spiro atoms. The van der Waals surface area contributed by atoms with Gasteiger partial charge in [-0.2, -0.15) is 9.97 Å². The molecule has 0 saturated carbocycles. The van der Waals surface area contributed by atoms with Crippen molar-refractivity contribution in [1.82, 2.24) is 15.3 Å². The van der Waals surface area contributed by atoms with Crippen LogP contribution in [0.1, 0.15) is 27.2 Å². The normalized spacial score (nSPS) is 10.4. The van der Waals surface area contributed by atoms with E-state index in [0.717, 1.165) is 6.54 Å². The molecule has 20 heavy (non-hydrogen) atoms. The lowest BCUT2D eigenvalue weighted by Crippen LogP contribution is -2.28. The number of rotatable bonds is 8. The molecule has 1 heterocycles. The van der Waals surface area contributed by atoms with E-state index in [2.05, 4.69) is 39.8 Å². The van der Waals surface area contributed by atoms with Crippen molar-refractivity contribution in [3.8, 4) is 0 Å². The van der Waals surface area contributed by atoms with Gasteiger partial charge in [-0.05, 0) is 12.8 Å². The molecular weight excluding hydrogens is 256 g/mol. The van der Waals surface area contributed by atoms with Gasteiger partial charge in [0, 0.05) is 32.1 Å². The number of carbonyl (C=O) groups is 1. The van der Waals surface area contributed by atoms with Crippen LogP contribution in [0.4, 0.5) is 17.6 Å². The summed E-state index contributed by atoms with van der Waals surface area (Å²) in [5, 5.41) is 9.00. The van der Waals surface area contributed by atoms with Gasteiger partial charge < -0.3 is 21.7 Å². The van der Waals surface area contributed by atoms with Gasteiger partial charge in [0.05, 0.1) is 0 Å². The maximum atomic E-state index is 11.6. The Balaban J connectivity index is 2.39. The number of hydrogen-bond acceptors (Lipinski definition) is 6. The van der Waals surface area contributed by atoms with Gasteiger partial charge in [-0.3, -0.25) is 4.79 Å². The lowest BCUT2D eigenvalue weighted by Gasteiger charge is -2.10. The molecule has 7 heteroatoms. The number of nitrogens with one attached hydrogen (secondary N) is 3. The van der Waals surface area contributed by atoms with E-state index in [9.17, 15) is 4.79 Å². The number of hydrogen-bond donors (Lipinski definition) is 4. The van der Waals surface area contributed by atoms with E-state index in [1.807, 2.05) is 6.92 Å². The zero-order chi connectivity index (χ0) is 15.0.